The number of hydrogen-bond acceptors (Lipinski definition) is 6. The number of fused-ring (bicyclic) bond motifs is 1. The molecule has 1 fully saturated rings. The van der Waals surface area contributed by atoms with Crippen LogP contribution >= 0.6 is 0 Å². The van der Waals surface area contributed by atoms with Gasteiger partial charge in [-0.05, 0) is 19.1 Å². The first-order chi connectivity index (χ1) is 15.1. The fraction of sp³-hybridized carbons (Fsp3) is 0.261. The molecule has 156 valence electrons. The maximum absolute atomic E-state index is 13.5. The zero-order valence-electron chi connectivity index (χ0n) is 17.6. The summed E-state index contributed by atoms with van der Waals surface area (Å²) in [7, 11) is 1.85. The Morgan fingerprint density at radius 2 is 1.71 bits per heavy atom. The lowest BCUT2D eigenvalue weighted by Gasteiger charge is -2.34. The lowest BCUT2D eigenvalue weighted by Crippen LogP contribution is -2.49. The third kappa shape index (κ3) is 3.61. The lowest BCUT2D eigenvalue weighted by molar-refractivity contribution is 0.0748. The van der Waals surface area contributed by atoms with Crippen molar-refractivity contribution in [1.82, 2.24) is 29.6 Å². The van der Waals surface area contributed by atoms with Crippen molar-refractivity contribution in [3.05, 3.63) is 66.1 Å². The van der Waals surface area contributed by atoms with E-state index in [1.807, 2.05) is 30.1 Å². The highest BCUT2D eigenvalue weighted by atomic mass is 16.2. The number of aromatic nitrogens is 5. The van der Waals surface area contributed by atoms with E-state index in [9.17, 15) is 4.79 Å². The van der Waals surface area contributed by atoms with Gasteiger partial charge >= 0.3 is 0 Å². The second-order valence-electron chi connectivity index (χ2n) is 7.75. The number of benzene rings is 1. The van der Waals surface area contributed by atoms with Crippen molar-refractivity contribution in [2.45, 2.75) is 6.92 Å². The molecule has 1 saturated heterocycles. The SMILES string of the molecule is Cc1ccc(-c2cc(C(=O)N3CCN(c4ncccn4)CC3)c3cnn(C)c3n2)cc1. The lowest BCUT2D eigenvalue weighted by atomic mass is 10.0. The van der Waals surface area contributed by atoms with Crippen molar-refractivity contribution < 1.29 is 4.79 Å². The van der Waals surface area contributed by atoms with Gasteiger partial charge in [0.2, 0.25) is 5.95 Å². The molecule has 0 spiro atoms. The highest BCUT2D eigenvalue weighted by molar-refractivity contribution is 6.06. The average Bonchev–Trinajstić information content (AvgIpc) is 3.20. The minimum Gasteiger partial charge on any atom is -0.337 e. The first-order valence-electron chi connectivity index (χ1n) is 10.3. The van der Waals surface area contributed by atoms with Crippen LogP contribution < -0.4 is 4.90 Å². The van der Waals surface area contributed by atoms with E-state index < -0.39 is 0 Å². The molecule has 0 bridgehead atoms. The molecule has 0 radical (unpaired) electrons. The molecule has 0 aliphatic carbocycles. The summed E-state index contributed by atoms with van der Waals surface area (Å²) in [5, 5.41) is 5.12. The van der Waals surface area contributed by atoms with E-state index in [2.05, 4.69) is 39.0 Å². The first kappa shape index (κ1) is 19.2. The van der Waals surface area contributed by atoms with E-state index in [4.69, 9.17) is 4.98 Å². The maximum atomic E-state index is 13.5. The molecule has 0 N–H and O–H groups in total. The van der Waals surface area contributed by atoms with Gasteiger partial charge in [0.05, 0.1) is 22.8 Å². The number of carbonyl (C=O) groups excluding carboxylic acids is 1. The highest BCUT2D eigenvalue weighted by Gasteiger charge is 2.26. The highest BCUT2D eigenvalue weighted by Crippen LogP contribution is 2.26. The Morgan fingerprint density at radius 1 is 1.00 bits per heavy atom. The Balaban J connectivity index is 1.45. The van der Waals surface area contributed by atoms with E-state index in [0.717, 1.165) is 16.6 Å². The normalized spacial score (nSPS) is 14.3. The zero-order valence-corrected chi connectivity index (χ0v) is 17.6. The zero-order chi connectivity index (χ0) is 21.4. The molecule has 31 heavy (non-hydrogen) atoms. The predicted molar refractivity (Wildman–Crippen MR) is 119 cm³/mol. The molecular formula is C23H23N7O. The molecule has 1 aromatic carbocycles. The van der Waals surface area contributed by atoms with Crippen LogP contribution in [0.2, 0.25) is 0 Å². The number of amides is 1. The third-order valence-electron chi connectivity index (χ3n) is 5.68. The number of nitrogens with zero attached hydrogens (tertiary/aromatic N) is 7. The molecule has 1 aliphatic rings. The first-order valence-corrected chi connectivity index (χ1v) is 10.3. The van der Waals surface area contributed by atoms with Gasteiger partial charge in [-0.15, -0.1) is 0 Å². The summed E-state index contributed by atoms with van der Waals surface area (Å²) in [6.07, 6.45) is 5.20. The van der Waals surface area contributed by atoms with Gasteiger partial charge in [0.15, 0.2) is 5.65 Å². The fourth-order valence-corrected chi connectivity index (χ4v) is 3.90. The third-order valence-corrected chi connectivity index (χ3v) is 5.68. The Hall–Kier alpha value is -3.81. The van der Waals surface area contributed by atoms with E-state index >= 15 is 0 Å². The quantitative estimate of drug-likeness (QED) is 0.514. The number of carbonyl (C=O) groups is 1. The smallest absolute Gasteiger partial charge is 0.254 e. The second kappa shape index (κ2) is 7.79. The summed E-state index contributed by atoms with van der Waals surface area (Å²) in [5.41, 5.74) is 4.28. The van der Waals surface area contributed by atoms with Crippen molar-refractivity contribution >= 4 is 22.9 Å². The van der Waals surface area contributed by atoms with Crippen LogP contribution in [-0.2, 0) is 7.05 Å². The standard InChI is InChI=1S/C23H23N7O/c1-16-4-6-17(7-5-16)20-14-18(19-15-26-28(2)21(19)27-20)22(31)29-10-12-30(13-11-29)23-24-8-3-9-25-23/h3-9,14-15H,10-13H2,1-2H3. The molecule has 1 amide bonds. The van der Waals surface area contributed by atoms with Crippen LogP contribution in [0.25, 0.3) is 22.3 Å². The van der Waals surface area contributed by atoms with Gasteiger partial charge in [-0.3, -0.25) is 9.48 Å². The molecule has 1 aliphatic heterocycles. The van der Waals surface area contributed by atoms with E-state index in [1.54, 1.807) is 29.3 Å². The molecular weight excluding hydrogens is 390 g/mol. The van der Waals surface area contributed by atoms with E-state index in [0.29, 0.717) is 43.3 Å². The van der Waals surface area contributed by atoms with Gasteiger partial charge in [0.25, 0.3) is 5.91 Å². The van der Waals surface area contributed by atoms with E-state index in [1.165, 1.54) is 5.56 Å². The summed E-state index contributed by atoms with van der Waals surface area (Å²) < 4.78 is 1.72. The second-order valence-corrected chi connectivity index (χ2v) is 7.75. The van der Waals surface area contributed by atoms with Crippen molar-refractivity contribution in [1.29, 1.82) is 0 Å². The van der Waals surface area contributed by atoms with E-state index in [-0.39, 0.29) is 5.91 Å². The van der Waals surface area contributed by atoms with Crippen LogP contribution in [0.5, 0.6) is 0 Å². The van der Waals surface area contributed by atoms with Crippen molar-refractivity contribution in [2.24, 2.45) is 7.05 Å². The number of anilines is 1. The van der Waals surface area contributed by atoms with Crippen LogP contribution in [0, 0.1) is 6.92 Å². The van der Waals surface area contributed by atoms with Crippen molar-refractivity contribution in [2.75, 3.05) is 31.1 Å². The molecule has 4 aromatic rings. The molecule has 0 unspecified atom stereocenters. The molecule has 0 saturated carbocycles. The molecule has 5 rings (SSSR count). The summed E-state index contributed by atoms with van der Waals surface area (Å²) in [6.45, 7) is 4.67. The molecule has 3 aromatic heterocycles. The monoisotopic (exact) mass is 413 g/mol. The van der Waals surface area contributed by atoms with Crippen molar-refractivity contribution in [3.63, 3.8) is 0 Å². The fourth-order valence-electron chi connectivity index (χ4n) is 3.90. The Morgan fingerprint density at radius 3 is 2.42 bits per heavy atom. The minimum absolute atomic E-state index is 0.00221. The minimum atomic E-state index is 0.00221. The van der Waals surface area contributed by atoms with Crippen LogP contribution in [0.4, 0.5) is 5.95 Å². The topological polar surface area (TPSA) is 80.0 Å². The number of rotatable bonds is 3. The molecule has 4 heterocycles. The van der Waals surface area contributed by atoms with Gasteiger partial charge in [0.1, 0.15) is 0 Å². The Bertz CT molecular complexity index is 1230. The number of hydrogen-bond donors (Lipinski definition) is 0. The molecule has 8 heteroatoms. The predicted octanol–water partition coefficient (Wildman–Crippen LogP) is 2.70. The largest absolute Gasteiger partial charge is 0.337 e. The summed E-state index contributed by atoms with van der Waals surface area (Å²) in [5.74, 6) is 0.706. The van der Waals surface area contributed by atoms with Crippen LogP contribution in [0.15, 0.2) is 55.0 Å². The summed E-state index contributed by atoms with van der Waals surface area (Å²) in [6, 6.07) is 11.9. The van der Waals surface area contributed by atoms with Gasteiger partial charge in [-0.2, -0.15) is 5.10 Å². The summed E-state index contributed by atoms with van der Waals surface area (Å²) in [4.78, 5) is 30.9. The van der Waals surface area contributed by atoms with Crippen LogP contribution in [0.1, 0.15) is 15.9 Å². The molecule has 8 nitrogen and oxygen atoms in total. The van der Waals surface area contributed by atoms with Gasteiger partial charge < -0.3 is 9.80 Å². The number of piperazine rings is 1. The average molecular weight is 413 g/mol. The Labute approximate surface area is 180 Å². The van der Waals surface area contributed by atoms with Gasteiger partial charge in [0, 0.05) is 51.2 Å². The number of aryl methyl sites for hydroxylation is 2. The maximum Gasteiger partial charge on any atom is 0.254 e. The molecule has 0 atom stereocenters. The van der Waals surface area contributed by atoms with Crippen LogP contribution in [0.3, 0.4) is 0 Å². The Kier molecular flexibility index (Phi) is 4.82. The van der Waals surface area contributed by atoms with Gasteiger partial charge in [-0.25, -0.2) is 15.0 Å². The van der Waals surface area contributed by atoms with Crippen LogP contribution in [-0.4, -0.2) is 61.7 Å². The summed E-state index contributed by atoms with van der Waals surface area (Å²) >= 11 is 0. The van der Waals surface area contributed by atoms with Crippen molar-refractivity contribution in [3.8, 4) is 11.3 Å². The number of pyridine rings is 1. The van der Waals surface area contributed by atoms with Gasteiger partial charge in [-0.1, -0.05) is 29.8 Å².